The lowest BCUT2D eigenvalue weighted by Gasteiger charge is -2.05. The first kappa shape index (κ1) is 13.8. The van der Waals surface area contributed by atoms with Gasteiger partial charge in [-0.3, -0.25) is 0 Å². The number of halogens is 2. The van der Waals surface area contributed by atoms with Crippen LogP contribution in [0.3, 0.4) is 0 Å². The Morgan fingerprint density at radius 3 is 2.33 bits per heavy atom. The Morgan fingerprint density at radius 1 is 1.00 bits per heavy atom. The lowest BCUT2D eigenvalue weighted by molar-refractivity contribution is 1.07. The average molecular weight is 298 g/mol. The molecule has 0 amide bonds. The summed E-state index contributed by atoms with van der Waals surface area (Å²) < 4.78 is 0. The Bertz CT molecular complexity index is 526. The van der Waals surface area contributed by atoms with Gasteiger partial charge in [0.2, 0.25) is 0 Å². The highest BCUT2D eigenvalue weighted by molar-refractivity contribution is 7.98. The molecule has 1 nitrogen and oxygen atoms in total. The van der Waals surface area contributed by atoms with Gasteiger partial charge in [-0.2, -0.15) is 0 Å². The molecule has 0 saturated heterocycles. The van der Waals surface area contributed by atoms with Crippen LogP contribution in [0.4, 0.5) is 0 Å². The summed E-state index contributed by atoms with van der Waals surface area (Å²) in [4.78, 5) is 1.15. The maximum absolute atomic E-state index is 6.12. The quantitative estimate of drug-likeness (QED) is 0.825. The molecule has 18 heavy (non-hydrogen) atoms. The minimum Gasteiger partial charge on any atom is -0.326 e. The first-order chi connectivity index (χ1) is 8.69. The van der Waals surface area contributed by atoms with Gasteiger partial charge >= 0.3 is 0 Å². The Labute approximate surface area is 121 Å². The van der Waals surface area contributed by atoms with Crippen molar-refractivity contribution in [3.63, 3.8) is 0 Å². The summed E-state index contributed by atoms with van der Waals surface area (Å²) in [6.07, 6.45) is 0. The molecule has 0 aromatic heterocycles. The standard InChI is InChI=1S/C14H13Cl2NS/c15-12-4-1-10(2-5-12)9-18-13-6-3-11(8-17)14(16)7-13/h1-7H,8-9,17H2. The molecule has 94 valence electrons. The molecule has 2 N–H and O–H groups in total. The van der Waals surface area contributed by atoms with Crippen LogP contribution < -0.4 is 5.73 Å². The molecule has 0 aliphatic heterocycles. The third-order valence-corrected chi connectivity index (χ3v) is 4.23. The minimum absolute atomic E-state index is 0.473. The summed E-state index contributed by atoms with van der Waals surface area (Å²) in [5.41, 5.74) is 7.79. The van der Waals surface area contributed by atoms with E-state index in [9.17, 15) is 0 Å². The van der Waals surface area contributed by atoms with Gasteiger partial charge in [-0.15, -0.1) is 11.8 Å². The van der Waals surface area contributed by atoms with Crippen molar-refractivity contribution in [2.75, 3.05) is 0 Å². The largest absolute Gasteiger partial charge is 0.326 e. The predicted molar refractivity (Wildman–Crippen MR) is 80.4 cm³/mol. The molecule has 0 fully saturated rings. The number of nitrogens with two attached hydrogens (primary N) is 1. The molecular weight excluding hydrogens is 285 g/mol. The van der Waals surface area contributed by atoms with E-state index in [0.29, 0.717) is 6.54 Å². The molecule has 0 radical (unpaired) electrons. The maximum atomic E-state index is 6.12. The van der Waals surface area contributed by atoms with Gasteiger partial charge < -0.3 is 5.73 Å². The lowest BCUT2D eigenvalue weighted by Crippen LogP contribution is -1.96. The van der Waals surface area contributed by atoms with Gasteiger partial charge in [0.15, 0.2) is 0 Å². The van der Waals surface area contributed by atoms with Gasteiger partial charge in [0.05, 0.1) is 0 Å². The Balaban J connectivity index is 2.02. The number of hydrogen-bond donors (Lipinski definition) is 1. The summed E-state index contributed by atoms with van der Waals surface area (Å²) in [5, 5.41) is 1.50. The van der Waals surface area contributed by atoms with Crippen LogP contribution in [-0.4, -0.2) is 0 Å². The smallest absolute Gasteiger partial charge is 0.0462 e. The first-order valence-corrected chi connectivity index (χ1v) is 7.29. The first-order valence-electron chi connectivity index (χ1n) is 5.55. The second-order valence-corrected chi connectivity index (χ2v) is 5.76. The summed E-state index contributed by atoms with van der Waals surface area (Å²) in [6.45, 7) is 0.473. The van der Waals surface area contributed by atoms with E-state index >= 15 is 0 Å². The van der Waals surface area contributed by atoms with E-state index in [2.05, 4.69) is 6.07 Å². The van der Waals surface area contributed by atoms with E-state index in [1.807, 2.05) is 36.4 Å². The number of benzene rings is 2. The van der Waals surface area contributed by atoms with Gasteiger partial charge in [-0.05, 0) is 35.4 Å². The summed E-state index contributed by atoms with van der Waals surface area (Å²) >= 11 is 13.7. The van der Waals surface area contributed by atoms with E-state index < -0.39 is 0 Å². The monoisotopic (exact) mass is 297 g/mol. The van der Waals surface area contributed by atoms with Crippen LogP contribution in [0.25, 0.3) is 0 Å². The fourth-order valence-corrected chi connectivity index (χ4v) is 2.87. The molecule has 2 rings (SSSR count). The highest BCUT2D eigenvalue weighted by Gasteiger charge is 2.01. The van der Waals surface area contributed by atoms with Crippen molar-refractivity contribution in [2.45, 2.75) is 17.2 Å². The Morgan fingerprint density at radius 2 is 1.72 bits per heavy atom. The van der Waals surface area contributed by atoms with E-state index in [1.165, 1.54) is 5.56 Å². The number of hydrogen-bond acceptors (Lipinski definition) is 2. The third-order valence-electron chi connectivity index (χ3n) is 2.56. The van der Waals surface area contributed by atoms with E-state index in [-0.39, 0.29) is 0 Å². The predicted octanol–water partition coefficient (Wildman–Crippen LogP) is 4.74. The molecule has 4 heteroatoms. The second-order valence-electron chi connectivity index (χ2n) is 3.87. The third kappa shape index (κ3) is 3.66. The number of rotatable bonds is 4. The normalized spacial score (nSPS) is 10.6. The maximum Gasteiger partial charge on any atom is 0.0462 e. The van der Waals surface area contributed by atoms with Crippen molar-refractivity contribution in [3.05, 3.63) is 63.6 Å². The molecule has 0 unspecified atom stereocenters. The molecule has 0 bridgehead atoms. The summed E-state index contributed by atoms with van der Waals surface area (Å²) in [6, 6.07) is 13.9. The van der Waals surface area contributed by atoms with Crippen LogP contribution in [-0.2, 0) is 12.3 Å². The van der Waals surface area contributed by atoms with Crippen LogP contribution in [0.15, 0.2) is 47.4 Å². The van der Waals surface area contributed by atoms with Gasteiger partial charge in [0.1, 0.15) is 0 Å². The van der Waals surface area contributed by atoms with E-state index in [0.717, 1.165) is 26.3 Å². The molecule has 0 aliphatic rings. The van der Waals surface area contributed by atoms with Crippen molar-refractivity contribution in [1.29, 1.82) is 0 Å². The fourth-order valence-electron chi connectivity index (χ4n) is 1.53. The molecular formula is C14H13Cl2NS. The molecule has 0 atom stereocenters. The molecule has 0 aliphatic carbocycles. The topological polar surface area (TPSA) is 26.0 Å². The van der Waals surface area contributed by atoms with Gasteiger partial charge in [-0.25, -0.2) is 0 Å². The van der Waals surface area contributed by atoms with Gasteiger partial charge in [0.25, 0.3) is 0 Å². The van der Waals surface area contributed by atoms with Crippen LogP contribution in [0, 0.1) is 0 Å². The SMILES string of the molecule is NCc1ccc(SCc2ccc(Cl)cc2)cc1Cl. The molecule has 2 aromatic rings. The molecule has 2 aromatic carbocycles. The van der Waals surface area contributed by atoms with Crippen LogP contribution in [0.2, 0.25) is 10.0 Å². The Kier molecular flexibility index (Phi) is 4.95. The zero-order chi connectivity index (χ0) is 13.0. The van der Waals surface area contributed by atoms with Gasteiger partial charge in [-0.1, -0.05) is 41.4 Å². The van der Waals surface area contributed by atoms with Crippen LogP contribution in [0.1, 0.15) is 11.1 Å². The highest BCUT2D eigenvalue weighted by Crippen LogP contribution is 2.27. The van der Waals surface area contributed by atoms with Gasteiger partial charge in [0, 0.05) is 27.2 Å². The zero-order valence-electron chi connectivity index (χ0n) is 9.70. The molecule has 0 spiro atoms. The summed E-state index contributed by atoms with van der Waals surface area (Å²) in [7, 11) is 0. The zero-order valence-corrected chi connectivity index (χ0v) is 12.0. The van der Waals surface area contributed by atoms with Crippen molar-refractivity contribution < 1.29 is 0 Å². The molecule has 0 saturated carbocycles. The second kappa shape index (κ2) is 6.48. The lowest BCUT2D eigenvalue weighted by atomic mass is 10.2. The van der Waals surface area contributed by atoms with E-state index in [1.54, 1.807) is 11.8 Å². The van der Waals surface area contributed by atoms with Crippen molar-refractivity contribution in [1.82, 2.24) is 0 Å². The summed E-state index contributed by atoms with van der Waals surface area (Å²) in [5.74, 6) is 0.898. The van der Waals surface area contributed by atoms with E-state index in [4.69, 9.17) is 28.9 Å². The van der Waals surface area contributed by atoms with Crippen molar-refractivity contribution in [3.8, 4) is 0 Å². The fraction of sp³-hybridized carbons (Fsp3) is 0.143. The highest BCUT2D eigenvalue weighted by atomic mass is 35.5. The minimum atomic E-state index is 0.473. The van der Waals surface area contributed by atoms with Crippen molar-refractivity contribution in [2.24, 2.45) is 5.73 Å². The number of thioether (sulfide) groups is 1. The van der Waals surface area contributed by atoms with Crippen molar-refractivity contribution >= 4 is 35.0 Å². The Hall–Kier alpha value is -0.670. The van der Waals surface area contributed by atoms with Crippen LogP contribution in [0.5, 0.6) is 0 Å². The van der Waals surface area contributed by atoms with Crippen LogP contribution >= 0.6 is 35.0 Å². The average Bonchev–Trinajstić information content (AvgIpc) is 2.38. The molecule has 0 heterocycles.